The minimum atomic E-state index is 0.743. The standard InChI is InChI=1S/C22H27NO/c1-2-4-18(5-3-1)19-6-8-20(9-7-19)21-10-12-22(13-11-21)23-14-16-24-17-15-23/h1-9,21-22H,10-17H2. The van der Waals surface area contributed by atoms with E-state index < -0.39 is 0 Å². The van der Waals surface area contributed by atoms with Crippen molar-refractivity contribution in [2.24, 2.45) is 0 Å². The van der Waals surface area contributed by atoms with Gasteiger partial charge in [0, 0.05) is 19.1 Å². The summed E-state index contributed by atoms with van der Waals surface area (Å²) in [6.07, 6.45) is 5.33. The van der Waals surface area contributed by atoms with Crippen LogP contribution in [0.1, 0.15) is 37.2 Å². The average molecular weight is 321 g/mol. The molecule has 1 saturated heterocycles. The number of hydrogen-bond donors (Lipinski definition) is 0. The Balaban J connectivity index is 1.37. The van der Waals surface area contributed by atoms with Crippen LogP contribution in [0, 0.1) is 0 Å². The smallest absolute Gasteiger partial charge is 0.0594 e. The first kappa shape index (κ1) is 15.9. The summed E-state index contributed by atoms with van der Waals surface area (Å²) in [6.45, 7) is 4.09. The summed E-state index contributed by atoms with van der Waals surface area (Å²) < 4.78 is 5.49. The van der Waals surface area contributed by atoms with Crippen LogP contribution < -0.4 is 0 Å². The van der Waals surface area contributed by atoms with Gasteiger partial charge < -0.3 is 4.74 Å². The van der Waals surface area contributed by atoms with Crippen LogP contribution in [-0.2, 0) is 4.74 Å². The van der Waals surface area contributed by atoms with Crippen LogP contribution in [0.3, 0.4) is 0 Å². The zero-order valence-electron chi connectivity index (χ0n) is 14.4. The summed E-state index contributed by atoms with van der Waals surface area (Å²) >= 11 is 0. The van der Waals surface area contributed by atoms with Crippen molar-refractivity contribution in [1.82, 2.24) is 4.90 Å². The lowest BCUT2D eigenvalue weighted by molar-refractivity contribution is 0.00730. The number of hydrogen-bond acceptors (Lipinski definition) is 2. The number of ether oxygens (including phenoxy) is 1. The maximum absolute atomic E-state index is 5.49. The molecule has 2 heteroatoms. The lowest BCUT2D eigenvalue weighted by Crippen LogP contribution is -2.44. The Morgan fingerprint density at radius 2 is 1.33 bits per heavy atom. The van der Waals surface area contributed by atoms with Gasteiger partial charge >= 0.3 is 0 Å². The first-order chi connectivity index (χ1) is 11.9. The summed E-state index contributed by atoms with van der Waals surface area (Å²) in [5, 5.41) is 0. The van der Waals surface area contributed by atoms with Crippen LogP contribution in [0.5, 0.6) is 0 Å². The van der Waals surface area contributed by atoms with Gasteiger partial charge in [0.1, 0.15) is 0 Å². The van der Waals surface area contributed by atoms with Crippen molar-refractivity contribution in [2.45, 2.75) is 37.6 Å². The van der Waals surface area contributed by atoms with Crippen molar-refractivity contribution in [3.63, 3.8) is 0 Å². The lowest BCUT2D eigenvalue weighted by atomic mass is 9.81. The number of nitrogens with zero attached hydrogens (tertiary/aromatic N) is 1. The molecule has 1 aliphatic heterocycles. The normalized spacial score (nSPS) is 25.5. The Labute approximate surface area is 145 Å². The zero-order chi connectivity index (χ0) is 16.2. The fourth-order valence-electron chi connectivity index (χ4n) is 4.30. The average Bonchev–Trinajstić information content (AvgIpc) is 2.70. The van der Waals surface area contributed by atoms with Gasteiger partial charge in [-0.1, -0.05) is 54.6 Å². The molecule has 0 bridgehead atoms. The molecule has 0 amide bonds. The van der Waals surface area contributed by atoms with E-state index >= 15 is 0 Å². The SMILES string of the molecule is c1ccc(-c2ccc(C3CCC(N4CCOCC4)CC3)cc2)cc1. The van der Waals surface area contributed by atoms with Crippen LogP contribution in [0.2, 0.25) is 0 Å². The van der Waals surface area contributed by atoms with E-state index in [1.54, 1.807) is 0 Å². The quantitative estimate of drug-likeness (QED) is 0.811. The van der Waals surface area contributed by atoms with Crippen molar-refractivity contribution in [3.05, 3.63) is 60.2 Å². The van der Waals surface area contributed by atoms with Crippen LogP contribution in [0.25, 0.3) is 11.1 Å². The van der Waals surface area contributed by atoms with Gasteiger partial charge in [-0.15, -0.1) is 0 Å². The molecule has 4 rings (SSSR count). The first-order valence-electron chi connectivity index (χ1n) is 9.37. The number of rotatable bonds is 3. The van der Waals surface area contributed by atoms with E-state index in [0.717, 1.165) is 38.3 Å². The fraction of sp³-hybridized carbons (Fsp3) is 0.455. The minimum Gasteiger partial charge on any atom is -0.379 e. The second-order valence-electron chi connectivity index (χ2n) is 7.14. The van der Waals surface area contributed by atoms with Crippen molar-refractivity contribution in [1.29, 1.82) is 0 Å². The van der Waals surface area contributed by atoms with Gasteiger partial charge in [-0.2, -0.15) is 0 Å². The monoisotopic (exact) mass is 321 g/mol. The van der Waals surface area contributed by atoms with Crippen LogP contribution >= 0.6 is 0 Å². The molecule has 0 radical (unpaired) electrons. The highest BCUT2D eigenvalue weighted by Gasteiger charge is 2.27. The van der Waals surface area contributed by atoms with E-state index in [2.05, 4.69) is 59.5 Å². The van der Waals surface area contributed by atoms with E-state index in [4.69, 9.17) is 4.74 Å². The zero-order valence-corrected chi connectivity index (χ0v) is 14.4. The Hall–Kier alpha value is -1.64. The summed E-state index contributed by atoms with van der Waals surface area (Å²) in [4.78, 5) is 2.65. The molecule has 0 N–H and O–H groups in total. The van der Waals surface area contributed by atoms with Gasteiger partial charge in [0.25, 0.3) is 0 Å². The Morgan fingerprint density at radius 1 is 0.708 bits per heavy atom. The third-order valence-corrected chi connectivity index (χ3v) is 5.75. The highest BCUT2D eigenvalue weighted by Crippen LogP contribution is 2.35. The molecule has 0 unspecified atom stereocenters. The molecule has 24 heavy (non-hydrogen) atoms. The molecular weight excluding hydrogens is 294 g/mol. The molecule has 1 saturated carbocycles. The summed E-state index contributed by atoms with van der Waals surface area (Å²) in [7, 11) is 0. The summed E-state index contributed by atoms with van der Waals surface area (Å²) in [6, 6.07) is 20.7. The van der Waals surface area contributed by atoms with Gasteiger partial charge in [0.05, 0.1) is 13.2 Å². The second-order valence-corrected chi connectivity index (χ2v) is 7.14. The minimum absolute atomic E-state index is 0.743. The Morgan fingerprint density at radius 3 is 2.00 bits per heavy atom. The molecule has 2 fully saturated rings. The first-order valence-corrected chi connectivity index (χ1v) is 9.37. The number of benzene rings is 2. The van der Waals surface area contributed by atoms with Crippen LogP contribution in [0.4, 0.5) is 0 Å². The topological polar surface area (TPSA) is 12.5 Å². The molecule has 2 nitrogen and oxygen atoms in total. The third kappa shape index (κ3) is 3.55. The summed E-state index contributed by atoms with van der Waals surface area (Å²) in [5.74, 6) is 0.743. The molecule has 126 valence electrons. The Bertz CT molecular complexity index is 623. The summed E-state index contributed by atoms with van der Waals surface area (Å²) in [5.41, 5.74) is 4.15. The highest BCUT2D eigenvalue weighted by atomic mass is 16.5. The molecule has 0 spiro atoms. The van der Waals surface area contributed by atoms with E-state index in [0.29, 0.717) is 0 Å². The number of morpholine rings is 1. The van der Waals surface area contributed by atoms with Gasteiger partial charge in [-0.05, 0) is 48.3 Å². The molecule has 2 aliphatic rings. The van der Waals surface area contributed by atoms with Gasteiger partial charge in [-0.3, -0.25) is 4.90 Å². The Kier molecular flexibility index (Phi) is 4.96. The molecule has 1 aliphatic carbocycles. The van der Waals surface area contributed by atoms with Crippen molar-refractivity contribution >= 4 is 0 Å². The fourth-order valence-corrected chi connectivity index (χ4v) is 4.30. The van der Waals surface area contributed by atoms with Crippen LogP contribution in [0.15, 0.2) is 54.6 Å². The van der Waals surface area contributed by atoms with Gasteiger partial charge in [0.15, 0.2) is 0 Å². The van der Waals surface area contributed by atoms with Crippen molar-refractivity contribution in [3.8, 4) is 11.1 Å². The molecule has 2 aromatic rings. The largest absolute Gasteiger partial charge is 0.379 e. The second kappa shape index (κ2) is 7.50. The molecule has 0 atom stereocenters. The molecular formula is C22H27NO. The van der Waals surface area contributed by atoms with Crippen molar-refractivity contribution in [2.75, 3.05) is 26.3 Å². The highest BCUT2D eigenvalue weighted by molar-refractivity contribution is 5.63. The van der Waals surface area contributed by atoms with E-state index in [1.165, 1.54) is 42.4 Å². The van der Waals surface area contributed by atoms with E-state index in [1.807, 2.05) is 0 Å². The van der Waals surface area contributed by atoms with Gasteiger partial charge in [-0.25, -0.2) is 0 Å². The van der Waals surface area contributed by atoms with Crippen molar-refractivity contribution < 1.29 is 4.74 Å². The van der Waals surface area contributed by atoms with E-state index in [-0.39, 0.29) is 0 Å². The lowest BCUT2D eigenvalue weighted by Gasteiger charge is -2.38. The van der Waals surface area contributed by atoms with E-state index in [9.17, 15) is 0 Å². The van der Waals surface area contributed by atoms with Crippen LogP contribution in [-0.4, -0.2) is 37.2 Å². The third-order valence-electron chi connectivity index (χ3n) is 5.75. The van der Waals surface area contributed by atoms with Gasteiger partial charge in [0.2, 0.25) is 0 Å². The molecule has 2 aromatic carbocycles. The predicted octanol–water partition coefficient (Wildman–Crippen LogP) is 4.71. The molecule has 1 heterocycles. The maximum Gasteiger partial charge on any atom is 0.0594 e. The molecule has 0 aromatic heterocycles. The maximum atomic E-state index is 5.49. The predicted molar refractivity (Wildman–Crippen MR) is 99.3 cm³/mol.